The summed E-state index contributed by atoms with van der Waals surface area (Å²) < 4.78 is 0. The van der Waals surface area contributed by atoms with Gasteiger partial charge in [-0.2, -0.15) is 5.26 Å². The van der Waals surface area contributed by atoms with Gasteiger partial charge in [-0.15, -0.1) is 0 Å². The number of anilines is 1. The molecule has 2 aromatic heterocycles. The van der Waals surface area contributed by atoms with Crippen LogP contribution in [0.1, 0.15) is 29.9 Å². The third-order valence-corrected chi connectivity index (χ3v) is 5.08. The van der Waals surface area contributed by atoms with Crippen molar-refractivity contribution in [1.82, 2.24) is 9.97 Å². The summed E-state index contributed by atoms with van der Waals surface area (Å²) in [7, 11) is 1.68. The summed E-state index contributed by atoms with van der Waals surface area (Å²) in [5.74, 6) is -0.187. The maximum absolute atomic E-state index is 12.1. The van der Waals surface area contributed by atoms with E-state index in [0.717, 1.165) is 40.6 Å². The molecule has 1 amide bonds. The van der Waals surface area contributed by atoms with Gasteiger partial charge in [-0.1, -0.05) is 6.07 Å². The van der Waals surface area contributed by atoms with Crippen LogP contribution >= 0.6 is 0 Å². The molecule has 1 aromatic carbocycles. The fourth-order valence-corrected chi connectivity index (χ4v) is 3.32. The zero-order valence-electron chi connectivity index (χ0n) is 15.9. The summed E-state index contributed by atoms with van der Waals surface area (Å²) in [6.45, 7) is 0. The van der Waals surface area contributed by atoms with E-state index in [2.05, 4.69) is 26.3 Å². The van der Waals surface area contributed by atoms with Crippen LogP contribution in [0.25, 0.3) is 22.2 Å². The fourth-order valence-electron chi connectivity index (χ4n) is 3.32. The van der Waals surface area contributed by atoms with Crippen LogP contribution in [0.3, 0.4) is 0 Å². The number of benzene rings is 1. The number of aromatic amines is 1. The molecular formula is C22H20N6O. The van der Waals surface area contributed by atoms with Gasteiger partial charge >= 0.3 is 0 Å². The molecule has 29 heavy (non-hydrogen) atoms. The van der Waals surface area contributed by atoms with Gasteiger partial charge in [0.1, 0.15) is 11.7 Å². The summed E-state index contributed by atoms with van der Waals surface area (Å²) in [6, 6.07) is 9.60. The Bertz CT molecular complexity index is 1170. The van der Waals surface area contributed by atoms with Gasteiger partial charge in [0.2, 0.25) is 5.91 Å². The molecule has 1 atom stereocenters. The highest BCUT2D eigenvalue weighted by Crippen LogP contribution is 2.33. The Morgan fingerprint density at radius 2 is 2.28 bits per heavy atom. The number of fused-ring (bicyclic) bond motifs is 1. The van der Waals surface area contributed by atoms with Gasteiger partial charge in [0.25, 0.3) is 0 Å². The zero-order chi connectivity index (χ0) is 20.4. The molecule has 1 unspecified atom stereocenters. The number of nitriles is 1. The minimum absolute atomic E-state index is 0.0227. The maximum atomic E-state index is 12.1. The molecule has 0 spiro atoms. The first-order valence-electron chi connectivity index (χ1n) is 9.40. The number of carbonyl (C=O) groups is 1. The van der Waals surface area contributed by atoms with Crippen LogP contribution < -0.4 is 5.32 Å². The van der Waals surface area contributed by atoms with Crippen molar-refractivity contribution in [2.45, 2.75) is 18.8 Å². The molecule has 0 bridgehead atoms. The minimum Gasteiger partial charge on any atom is -0.346 e. The molecule has 4 rings (SSSR count). The van der Waals surface area contributed by atoms with Crippen LogP contribution in [0.4, 0.5) is 5.69 Å². The highest BCUT2D eigenvalue weighted by atomic mass is 16.2. The number of hydrogen-bond donors (Lipinski definition) is 3. The van der Waals surface area contributed by atoms with Crippen molar-refractivity contribution in [2.75, 3.05) is 12.4 Å². The number of nitrogens with one attached hydrogen (secondary N) is 3. The number of pyridine rings is 1. The van der Waals surface area contributed by atoms with E-state index in [1.54, 1.807) is 31.6 Å². The lowest BCUT2D eigenvalue weighted by atomic mass is 9.98. The summed E-state index contributed by atoms with van der Waals surface area (Å²) in [6.07, 6.45) is 8.44. The number of H-pyrrole nitrogens is 1. The molecule has 144 valence electrons. The first-order valence-corrected chi connectivity index (χ1v) is 9.40. The average Bonchev–Trinajstić information content (AvgIpc) is 3.52. The van der Waals surface area contributed by atoms with Crippen LogP contribution in [-0.4, -0.2) is 35.4 Å². The highest BCUT2D eigenvalue weighted by molar-refractivity contribution is 5.98. The van der Waals surface area contributed by atoms with Crippen molar-refractivity contribution in [3.8, 4) is 17.2 Å². The van der Waals surface area contributed by atoms with Gasteiger partial charge < -0.3 is 15.7 Å². The van der Waals surface area contributed by atoms with E-state index in [9.17, 15) is 10.1 Å². The minimum atomic E-state index is -0.241. The van der Waals surface area contributed by atoms with Crippen LogP contribution in [0.15, 0.2) is 41.7 Å². The van der Waals surface area contributed by atoms with E-state index in [1.807, 2.05) is 18.3 Å². The third kappa shape index (κ3) is 3.65. The molecule has 7 heteroatoms. The first kappa shape index (κ1) is 18.6. The van der Waals surface area contributed by atoms with Crippen LogP contribution in [0.2, 0.25) is 0 Å². The Morgan fingerprint density at radius 1 is 1.45 bits per heavy atom. The predicted octanol–water partition coefficient (Wildman–Crippen LogP) is 3.88. The molecule has 0 radical (unpaired) electrons. The van der Waals surface area contributed by atoms with Crippen molar-refractivity contribution in [3.05, 3.63) is 47.8 Å². The van der Waals surface area contributed by atoms with Crippen LogP contribution in [-0.2, 0) is 4.79 Å². The number of nitrogens with zero attached hydrogens (tertiary/aromatic N) is 3. The predicted molar refractivity (Wildman–Crippen MR) is 114 cm³/mol. The second-order valence-electron chi connectivity index (χ2n) is 7.10. The SMILES string of the molecule is CN=CC(C=N)c1cnc2[nH]cc(-c3ccc(NC(=O)C4CC4)c(C#N)c3)c2c1. The molecule has 3 N–H and O–H groups in total. The molecule has 2 heterocycles. The van der Waals surface area contributed by atoms with Gasteiger partial charge in [0, 0.05) is 48.7 Å². The van der Waals surface area contributed by atoms with Gasteiger partial charge in [-0.3, -0.25) is 9.79 Å². The number of rotatable bonds is 6. The molecule has 1 fully saturated rings. The number of aliphatic imine (C=N–C) groups is 1. The summed E-state index contributed by atoms with van der Waals surface area (Å²) in [5, 5.41) is 21.0. The summed E-state index contributed by atoms with van der Waals surface area (Å²) in [4.78, 5) is 23.7. The smallest absolute Gasteiger partial charge is 0.227 e. The Balaban J connectivity index is 1.73. The number of aromatic nitrogens is 2. The topological polar surface area (TPSA) is 118 Å². The van der Waals surface area contributed by atoms with E-state index in [1.165, 1.54) is 6.21 Å². The molecular weight excluding hydrogens is 364 g/mol. The van der Waals surface area contributed by atoms with E-state index in [0.29, 0.717) is 11.3 Å². The third-order valence-electron chi connectivity index (χ3n) is 5.08. The molecule has 1 aliphatic rings. The van der Waals surface area contributed by atoms with Crippen molar-refractivity contribution in [2.24, 2.45) is 10.9 Å². The van der Waals surface area contributed by atoms with E-state index in [4.69, 9.17) is 5.41 Å². The Morgan fingerprint density at radius 3 is 2.97 bits per heavy atom. The molecule has 3 aromatic rings. The first-order chi connectivity index (χ1) is 14.1. The zero-order valence-corrected chi connectivity index (χ0v) is 15.9. The largest absolute Gasteiger partial charge is 0.346 e. The normalized spacial score (nSPS) is 14.6. The Kier molecular flexibility index (Phi) is 4.92. The maximum Gasteiger partial charge on any atom is 0.227 e. The molecule has 7 nitrogen and oxygen atoms in total. The van der Waals surface area contributed by atoms with E-state index >= 15 is 0 Å². The Hall–Kier alpha value is -3.79. The average molecular weight is 384 g/mol. The number of carbonyl (C=O) groups excluding carboxylic acids is 1. The second-order valence-corrected chi connectivity index (χ2v) is 7.10. The second kappa shape index (κ2) is 7.68. The Labute approximate surface area is 168 Å². The number of amides is 1. The summed E-state index contributed by atoms with van der Waals surface area (Å²) >= 11 is 0. The lowest BCUT2D eigenvalue weighted by Crippen LogP contribution is -2.14. The van der Waals surface area contributed by atoms with Gasteiger partial charge in [0.15, 0.2) is 0 Å². The van der Waals surface area contributed by atoms with Gasteiger partial charge in [-0.05, 0) is 42.2 Å². The van der Waals surface area contributed by atoms with Crippen LogP contribution in [0, 0.1) is 22.7 Å². The fraction of sp³-hybridized carbons (Fsp3) is 0.227. The van der Waals surface area contributed by atoms with Gasteiger partial charge in [-0.25, -0.2) is 4.98 Å². The highest BCUT2D eigenvalue weighted by Gasteiger charge is 2.30. The van der Waals surface area contributed by atoms with Crippen molar-refractivity contribution in [3.63, 3.8) is 0 Å². The number of hydrogen-bond acceptors (Lipinski definition) is 5. The molecule has 0 aliphatic heterocycles. The van der Waals surface area contributed by atoms with Gasteiger partial charge in [0.05, 0.1) is 17.2 Å². The lowest BCUT2D eigenvalue weighted by molar-refractivity contribution is -0.117. The molecule has 1 aliphatic carbocycles. The molecule has 0 saturated heterocycles. The molecule has 1 saturated carbocycles. The van der Waals surface area contributed by atoms with Crippen LogP contribution in [0.5, 0.6) is 0 Å². The quantitative estimate of drug-likeness (QED) is 0.560. The van der Waals surface area contributed by atoms with E-state index in [-0.39, 0.29) is 17.7 Å². The monoisotopic (exact) mass is 384 g/mol. The van der Waals surface area contributed by atoms with Crippen molar-refractivity contribution in [1.29, 1.82) is 10.7 Å². The lowest BCUT2D eigenvalue weighted by Gasteiger charge is -2.09. The van der Waals surface area contributed by atoms with Crippen molar-refractivity contribution < 1.29 is 4.79 Å². The van der Waals surface area contributed by atoms with Crippen molar-refractivity contribution >= 4 is 35.1 Å². The standard InChI is InChI=1S/C22H20N6O/c1-25-10-17(9-24)16-7-18-19(12-27-21(18)26-11-16)14-4-5-20(15(6-14)8-23)28-22(29)13-2-3-13/h4-7,9-13,17,24H,2-3H2,1H3,(H,26,27)(H,28,29). The summed E-state index contributed by atoms with van der Waals surface area (Å²) in [5.41, 5.74) is 4.31. The van der Waals surface area contributed by atoms with E-state index < -0.39 is 0 Å².